The Labute approximate surface area is 378 Å². The van der Waals surface area contributed by atoms with Gasteiger partial charge in [0.15, 0.2) is 0 Å². The molecular weight excluding hydrogens is 781 g/mol. The second-order valence-corrected chi connectivity index (χ2v) is 16.9. The van der Waals surface area contributed by atoms with E-state index in [4.69, 9.17) is 13.2 Å². The van der Waals surface area contributed by atoms with Crippen LogP contribution in [0.3, 0.4) is 0 Å². The number of benzene rings is 10. The molecule has 0 radical (unpaired) electrons. The summed E-state index contributed by atoms with van der Waals surface area (Å²) in [5.74, 6) is 0. The van der Waals surface area contributed by atoms with Crippen LogP contribution in [-0.4, -0.2) is 9.97 Å². The van der Waals surface area contributed by atoms with Crippen molar-refractivity contribution in [3.05, 3.63) is 218 Å². The van der Waals surface area contributed by atoms with Crippen LogP contribution in [0.5, 0.6) is 0 Å². The molecule has 292 valence electrons. The van der Waals surface area contributed by atoms with Crippen molar-refractivity contribution in [3.63, 3.8) is 0 Å². The average Bonchev–Trinajstić information content (AvgIpc) is 3.80. The summed E-state index contributed by atoms with van der Waals surface area (Å²) in [5.41, 5.74) is 9.70. The fourth-order valence-corrected chi connectivity index (χ4v) is 10.9. The molecule has 0 unspecified atom stereocenters. The fourth-order valence-electron chi connectivity index (χ4n) is 9.52. The summed E-state index contributed by atoms with van der Waals surface area (Å²) in [6, 6.07) is 60.0. The van der Waals surface area contributed by atoms with Crippen molar-refractivity contribution in [1.82, 2.24) is 9.97 Å². The van der Waals surface area contributed by atoms with Crippen molar-refractivity contribution in [2.45, 2.75) is 0 Å². The van der Waals surface area contributed by atoms with Gasteiger partial charge in [-0.25, -0.2) is 4.98 Å². The highest BCUT2D eigenvalue weighted by atomic mass is 32.1. The third kappa shape index (κ3) is 5.71. The highest BCUT2D eigenvalue weighted by Gasteiger charge is 2.25. The number of thiophene rings is 1. The first-order valence-electron chi connectivity index (χ1n) is 24.4. The van der Waals surface area contributed by atoms with Gasteiger partial charge in [-0.05, 0) is 83.0 Å². The fraction of sp³-hybridized carbons (Fsp3) is 0. The SMILES string of the molecule is [2H]c1nc2c(c([2H])c1[2H])c([2H])c([2H])c1c([2H])c([2H])c(-c3ccc(-c4ccc(-c5c(-c6ccccc6)sc(-c6ccc7ccc8cccc9ccc6c7c89)c5-c5ccccc5)cc4)c4ccccc34)nc12. The number of rotatable bonds is 6. The van der Waals surface area contributed by atoms with Crippen molar-refractivity contribution in [1.29, 1.82) is 0 Å². The van der Waals surface area contributed by atoms with Gasteiger partial charge in [-0.2, -0.15) is 0 Å². The van der Waals surface area contributed by atoms with Crippen molar-refractivity contribution in [2.24, 2.45) is 0 Å². The predicted molar refractivity (Wildman–Crippen MR) is 269 cm³/mol. The highest BCUT2D eigenvalue weighted by Crippen LogP contribution is 2.54. The molecule has 0 bridgehead atoms. The van der Waals surface area contributed by atoms with Crippen molar-refractivity contribution >= 4 is 76.2 Å². The van der Waals surface area contributed by atoms with Gasteiger partial charge in [0, 0.05) is 49.0 Å². The Bertz CT molecular complexity index is 4290. The van der Waals surface area contributed by atoms with E-state index in [1.807, 2.05) is 47.7 Å². The molecule has 3 heterocycles. The Morgan fingerprint density at radius 2 is 0.937 bits per heavy atom. The molecule has 0 saturated heterocycles. The zero-order valence-corrected chi connectivity index (χ0v) is 34.4. The van der Waals surface area contributed by atoms with Gasteiger partial charge in [0.2, 0.25) is 0 Å². The van der Waals surface area contributed by atoms with Crippen molar-refractivity contribution in [3.8, 4) is 65.5 Å². The molecule has 3 aromatic heterocycles. The van der Waals surface area contributed by atoms with Crippen molar-refractivity contribution in [2.75, 3.05) is 0 Å². The second kappa shape index (κ2) is 14.3. The smallest absolute Gasteiger partial charge is 0.0972 e. The number of pyridine rings is 2. The Kier molecular flexibility index (Phi) is 6.66. The molecule has 13 rings (SSSR count). The summed E-state index contributed by atoms with van der Waals surface area (Å²) < 4.78 is 60.8. The third-order valence-corrected chi connectivity index (χ3v) is 13.7. The first-order valence-corrected chi connectivity index (χ1v) is 21.7. The maximum atomic E-state index is 9.19. The largest absolute Gasteiger partial charge is 0.254 e. The summed E-state index contributed by atoms with van der Waals surface area (Å²) in [5, 5.41) is 9.09. The van der Waals surface area contributed by atoms with E-state index in [1.54, 1.807) is 0 Å². The Morgan fingerprint density at radius 3 is 1.71 bits per heavy atom. The van der Waals surface area contributed by atoms with Gasteiger partial charge < -0.3 is 0 Å². The topological polar surface area (TPSA) is 25.8 Å². The third-order valence-electron chi connectivity index (χ3n) is 12.4. The summed E-state index contributed by atoms with van der Waals surface area (Å²) in [6.07, 6.45) is -0.461. The second-order valence-electron chi connectivity index (χ2n) is 15.9. The van der Waals surface area contributed by atoms with E-state index < -0.39 is 18.3 Å². The number of aromatic nitrogens is 2. The van der Waals surface area contributed by atoms with Gasteiger partial charge >= 0.3 is 0 Å². The summed E-state index contributed by atoms with van der Waals surface area (Å²) in [7, 11) is 0. The molecule has 2 nitrogen and oxygen atoms in total. The molecule has 10 aromatic carbocycles. The lowest BCUT2D eigenvalue weighted by Crippen LogP contribution is -1.91. The van der Waals surface area contributed by atoms with Crippen LogP contribution in [0.4, 0.5) is 0 Å². The standard InChI is InChI=1S/C60H36N2S/c1-3-11-38(12-4-1)56-55(59(45-13-5-2-6-14-45)63-60(56)51-32-29-41-25-24-39-15-9-16-40-28-31-50(51)54(41)53(39)40)42-22-20-37(21-23-42)46-33-34-49(48-19-8-7-18-47(46)48)52-35-30-44-27-26-43-17-10-36-61-57(43)58(44)62-52/h1-36H/i10D,17D,26D,27D,30D,35D,36D. The van der Waals surface area contributed by atoms with E-state index in [1.165, 1.54) is 53.2 Å². The van der Waals surface area contributed by atoms with E-state index in [9.17, 15) is 1.37 Å². The van der Waals surface area contributed by atoms with Crippen LogP contribution in [-0.2, 0) is 0 Å². The van der Waals surface area contributed by atoms with Gasteiger partial charge in [0.1, 0.15) is 0 Å². The molecule has 3 heteroatoms. The molecule has 0 fully saturated rings. The van der Waals surface area contributed by atoms with Crippen LogP contribution in [0.1, 0.15) is 9.60 Å². The van der Waals surface area contributed by atoms with Crippen LogP contribution in [0.15, 0.2) is 218 Å². The molecule has 0 aliphatic rings. The molecule has 0 amide bonds. The Balaban J connectivity index is 0.990. The predicted octanol–water partition coefficient (Wildman–Crippen LogP) is 16.9. The van der Waals surface area contributed by atoms with E-state index in [-0.39, 0.29) is 51.7 Å². The zero-order valence-electron chi connectivity index (χ0n) is 40.5. The molecule has 0 aliphatic heterocycles. The van der Waals surface area contributed by atoms with E-state index >= 15 is 0 Å². The van der Waals surface area contributed by atoms with Gasteiger partial charge in [-0.15, -0.1) is 11.3 Å². The van der Waals surface area contributed by atoms with E-state index in [0.717, 1.165) is 44.2 Å². The molecule has 63 heavy (non-hydrogen) atoms. The highest BCUT2D eigenvalue weighted by molar-refractivity contribution is 7.20. The van der Waals surface area contributed by atoms with Gasteiger partial charge in [0.25, 0.3) is 0 Å². The van der Waals surface area contributed by atoms with Crippen LogP contribution in [0.25, 0.3) is 130 Å². The quantitative estimate of drug-likeness (QED) is 0.156. The molecule has 0 atom stereocenters. The van der Waals surface area contributed by atoms with Gasteiger partial charge in [-0.3, -0.25) is 4.98 Å². The molecule has 0 spiro atoms. The summed E-state index contributed by atoms with van der Waals surface area (Å²) in [4.78, 5) is 11.5. The molecule has 0 aliphatic carbocycles. The minimum atomic E-state index is -0.461. The van der Waals surface area contributed by atoms with Gasteiger partial charge in [-0.1, -0.05) is 200 Å². The average molecular weight is 824 g/mol. The maximum Gasteiger partial charge on any atom is 0.0972 e. The van der Waals surface area contributed by atoms with E-state index in [2.05, 4.69) is 145 Å². The Morgan fingerprint density at radius 1 is 0.365 bits per heavy atom. The zero-order chi connectivity index (χ0) is 47.5. The lowest BCUT2D eigenvalue weighted by Gasteiger charge is -2.15. The minimum absolute atomic E-state index is 0.00252. The number of hydrogen-bond donors (Lipinski definition) is 0. The van der Waals surface area contributed by atoms with Crippen molar-refractivity contribution < 1.29 is 9.60 Å². The lowest BCUT2D eigenvalue weighted by atomic mass is 9.87. The van der Waals surface area contributed by atoms with Crippen LogP contribution >= 0.6 is 11.3 Å². The molecule has 13 aromatic rings. The minimum Gasteiger partial charge on any atom is -0.254 e. The summed E-state index contributed by atoms with van der Waals surface area (Å²) in [6.45, 7) is 0. The number of fused-ring (bicyclic) bond motifs is 4. The van der Waals surface area contributed by atoms with Crippen LogP contribution < -0.4 is 0 Å². The van der Waals surface area contributed by atoms with Crippen LogP contribution in [0, 0.1) is 0 Å². The summed E-state index contributed by atoms with van der Waals surface area (Å²) >= 11 is 1.84. The molecule has 0 saturated carbocycles. The first kappa shape index (κ1) is 29.3. The number of hydrogen-bond acceptors (Lipinski definition) is 3. The van der Waals surface area contributed by atoms with E-state index in [0.29, 0.717) is 5.56 Å². The number of nitrogens with zero attached hydrogens (tertiary/aromatic N) is 2. The lowest BCUT2D eigenvalue weighted by molar-refractivity contribution is 1.37. The molecule has 0 N–H and O–H groups in total. The maximum absolute atomic E-state index is 9.19. The monoisotopic (exact) mass is 823 g/mol. The first-order chi connectivity index (χ1) is 34.2. The Hall–Kier alpha value is -7.98. The van der Waals surface area contributed by atoms with Gasteiger partial charge in [0.05, 0.1) is 26.3 Å². The normalized spacial score (nSPS) is 13.4. The van der Waals surface area contributed by atoms with Crippen LogP contribution in [0.2, 0.25) is 0 Å². The molecular formula is C60H36N2S.